The van der Waals surface area contributed by atoms with Crippen molar-refractivity contribution in [3.8, 4) is 0 Å². The largest absolute Gasteiger partial charge is 0.508 e. The van der Waals surface area contributed by atoms with Crippen molar-refractivity contribution in [2.24, 2.45) is 5.41 Å². The highest BCUT2D eigenvalue weighted by Crippen LogP contribution is 2.25. The summed E-state index contributed by atoms with van der Waals surface area (Å²) in [5.74, 6) is 0. The van der Waals surface area contributed by atoms with Gasteiger partial charge in [0.1, 0.15) is 19.8 Å². The van der Waals surface area contributed by atoms with E-state index in [1.165, 1.54) is 0 Å². The molecule has 0 aromatic carbocycles. The molecule has 3 aliphatic rings. The molecule has 3 rings (SSSR count). The number of carbonyl (C=O) groups excluding carboxylic acids is 3. The standard InChI is InChI=1S/C45H80O21/c1-11-45(27-49-12-30(2)52-15-33(5)55-18-36(8)58-21-39-24-61-42(46)64-39,28-50-13-31(3)53-16-34(6)56-19-37(9)59-22-40-25-62-43(47)65-40)29-51-14-32(4)54-17-35(7)57-20-38(10)60-23-41-26-63-44(48)66-41/h30-41H,11-29H2,1-10H3. The highest BCUT2D eigenvalue weighted by molar-refractivity contribution is 5.62. The van der Waals surface area contributed by atoms with Crippen molar-refractivity contribution < 1.29 is 99.6 Å². The molecule has 0 N–H and O–H groups in total. The molecule has 0 radical (unpaired) electrons. The van der Waals surface area contributed by atoms with Crippen molar-refractivity contribution in [2.45, 2.75) is 149 Å². The van der Waals surface area contributed by atoms with E-state index in [2.05, 4.69) is 6.92 Å². The molecule has 0 aliphatic carbocycles. The molecule has 0 aromatic heterocycles. The lowest BCUT2D eigenvalue weighted by Crippen LogP contribution is -2.39. The predicted octanol–water partition coefficient (Wildman–Crippen LogP) is 4.68. The molecule has 3 saturated heterocycles. The van der Waals surface area contributed by atoms with E-state index < -0.39 is 42.2 Å². The van der Waals surface area contributed by atoms with Crippen molar-refractivity contribution in [2.75, 3.05) is 119 Å². The molecule has 66 heavy (non-hydrogen) atoms. The van der Waals surface area contributed by atoms with Gasteiger partial charge in [0, 0.05) is 5.41 Å². The first-order valence-corrected chi connectivity index (χ1v) is 23.3. The minimum atomic E-state index is -0.676. The fourth-order valence-corrected chi connectivity index (χ4v) is 6.14. The van der Waals surface area contributed by atoms with E-state index >= 15 is 0 Å². The summed E-state index contributed by atoms with van der Waals surface area (Å²) in [5, 5.41) is 0. The Kier molecular flexibility index (Phi) is 28.1. The van der Waals surface area contributed by atoms with Crippen LogP contribution in [0.2, 0.25) is 0 Å². The normalized spacial score (nSPS) is 23.5. The minimum Gasteiger partial charge on any atom is -0.430 e. The number of rotatable bonds is 40. The second-order valence-corrected chi connectivity index (χ2v) is 17.6. The SMILES string of the molecule is CCC(COCC(C)OCC(C)OCC(C)OCC1COC(=O)O1)(COCC(C)OCC(C)OCC(C)OCC1COC(=O)O1)COCC(C)OCC(C)OCC(C)OCC1COC(=O)O1. The van der Waals surface area contributed by atoms with Gasteiger partial charge in [0.15, 0.2) is 18.3 Å². The molecular weight excluding hydrogens is 876 g/mol. The summed E-state index contributed by atoms with van der Waals surface area (Å²) >= 11 is 0. The summed E-state index contributed by atoms with van der Waals surface area (Å²) in [6, 6.07) is 0. The van der Waals surface area contributed by atoms with Gasteiger partial charge in [-0.15, -0.1) is 0 Å². The summed E-state index contributed by atoms with van der Waals surface area (Å²) in [7, 11) is 0. The van der Waals surface area contributed by atoms with Crippen LogP contribution < -0.4 is 0 Å². The van der Waals surface area contributed by atoms with Crippen LogP contribution in [0.3, 0.4) is 0 Å². The number of hydrogen-bond donors (Lipinski definition) is 0. The quantitative estimate of drug-likeness (QED) is 0.0601. The summed E-state index contributed by atoms with van der Waals surface area (Å²) in [5.41, 5.74) is -0.473. The maximum absolute atomic E-state index is 11.1. The molecule has 0 spiro atoms. The van der Waals surface area contributed by atoms with E-state index in [0.29, 0.717) is 79.3 Å². The molecule has 3 heterocycles. The Morgan fingerprint density at radius 3 is 0.833 bits per heavy atom. The highest BCUT2D eigenvalue weighted by atomic mass is 16.8. The molecular formula is C45H80O21. The van der Waals surface area contributed by atoms with Crippen LogP contribution in [0.5, 0.6) is 0 Å². The average molecular weight is 957 g/mol. The smallest absolute Gasteiger partial charge is 0.430 e. The van der Waals surface area contributed by atoms with Crippen molar-refractivity contribution in [3.05, 3.63) is 0 Å². The van der Waals surface area contributed by atoms with Gasteiger partial charge in [0.05, 0.1) is 154 Å². The Morgan fingerprint density at radius 2 is 0.621 bits per heavy atom. The van der Waals surface area contributed by atoms with Crippen molar-refractivity contribution >= 4 is 18.5 Å². The van der Waals surface area contributed by atoms with Crippen molar-refractivity contribution in [1.29, 1.82) is 0 Å². The third-order valence-corrected chi connectivity index (χ3v) is 10.4. The maximum atomic E-state index is 11.1. The monoisotopic (exact) mass is 957 g/mol. The Bertz CT molecular complexity index is 1180. The summed E-state index contributed by atoms with van der Waals surface area (Å²) in [6.45, 7) is 25.0. The van der Waals surface area contributed by atoms with Gasteiger partial charge < -0.3 is 85.3 Å². The zero-order chi connectivity index (χ0) is 48.3. The van der Waals surface area contributed by atoms with Gasteiger partial charge in [-0.3, -0.25) is 0 Å². The Hall–Kier alpha value is -2.67. The van der Waals surface area contributed by atoms with E-state index in [4.69, 9.17) is 85.3 Å². The van der Waals surface area contributed by atoms with Gasteiger partial charge in [-0.1, -0.05) is 6.92 Å². The fraction of sp³-hybridized carbons (Fsp3) is 0.933. The summed E-state index contributed by atoms with van der Waals surface area (Å²) in [6.07, 6.45) is -4.33. The van der Waals surface area contributed by atoms with E-state index in [1.807, 2.05) is 62.3 Å². The van der Waals surface area contributed by atoms with Crippen LogP contribution >= 0.6 is 0 Å². The number of cyclic esters (lactones) is 6. The predicted molar refractivity (Wildman–Crippen MR) is 233 cm³/mol. The molecule has 0 saturated carbocycles. The van der Waals surface area contributed by atoms with Gasteiger partial charge >= 0.3 is 18.5 Å². The van der Waals surface area contributed by atoms with Gasteiger partial charge in [-0.25, -0.2) is 14.4 Å². The van der Waals surface area contributed by atoms with Crippen LogP contribution in [0.25, 0.3) is 0 Å². The first-order chi connectivity index (χ1) is 31.5. The third kappa shape index (κ3) is 25.6. The molecule has 12 unspecified atom stereocenters. The zero-order valence-electron chi connectivity index (χ0n) is 40.9. The van der Waals surface area contributed by atoms with Crippen molar-refractivity contribution in [1.82, 2.24) is 0 Å². The fourth-order valence-electron chi connectivity index (χ4n) is 6.14. The molecule has 0 bridgehead atoms. The van der Waals surface area contributed by atoms with Crippen molar-refractivity contribution in [3.63, 3.8) is 0 Å². The van der Waals surface area contributed by atoms with Gasteiger partial charge in [-0.2, -0.15) is 0 Å². The Labute approximate surface area is 390 Å². The Balaban J connectivity index is 1.38. The molecule has 0 amide bonds. The topological polar surface area (TPSA) is 217 Å². The van der Waals surface area contributed by atoms with Crippen LogP contribution in [0.4, 0.5) is 14.4 Å². The van der Waals surface area contributed by atoms with Gasteiger partial charge in [-0.05, 0) is 68.7 Å². The average Bonchev–Trinajstić information content (AvgIpc) is 4.05. The van der Waals surface area contributed by atoms with Crippen LogP contribution in [-0.2, 0) is 85.3 Å². The zero-order valence-corrected chi connectivity index (χ0v) is 40.9. The maximum Gasteiger partial charge on any atom is 0.508 e. The number of hydrogen-bond acceptors (Lipinski definition) is 21. The van der Waals surface area contributed by atoms with Crippen LogP contribution in [-0.4, -0.2) is 211 Å². The highest BCUT2D eigenvalue weighted by Gasteiger charge is 2.32. The first kappa shape index (κ1) is 57.6. The van der Waals surface area contributed by atoms with E-state index in [0.717, 1.165) is 6.42 Å². The van der Waals surface area contributed by atoms with E-state index in [9.17, 15) is 14.4 Å². The van der Waals surface area contributed by atoms with E-state index in [-0.39, 0.29) is 94.6 Å². The lowest BCUT2D eigenvalue weighted by molar-refractivity contribution is -0.123. The van der Waals surface area contributed by atoms with Gasteiger partial charge in [0.2, 0.25) is 0 Å². The van der Waals surface area contributed by atoms with Crippen LogP contribution in [0, 0.1) is 5.41 Å². The lowest BCUT2D eigenvalue weighted by atomic mass is 9.88. The van der Waals surface area contributed by atoms with Gasteiger partial charge in [0.25, 0.3) is 0 Å². The molecule has 386 valence electrons. The van der Waals surface area contributed by atoms with Crippen LogP contribution in [0.15, 0.2) is 0 Å². The third-order valence-electron chi connectivity index (χ3n) is 10.4. The molecule has 21 heteroatoms. The molecule has 3 fully saturated rings. The Morgan fingerprint density at radius 1 is 0.394 bits per heavy atom. The molecule has 3 aliphatic heterocycles. The van der Waals surface area contributed by atoms with E-state index in [1.54, 1.807) is 0 Å². The second-order valence-electron chi connectivity index (χ2n) is 17.6. The number of ether oxygens (including phenoxy) is 18. The summed E-state index contributed by atoms with van der Waals surface area (Å²) < 4.78 is 101. The molecule has 0 aromatic rings. The van der Waals surface area contributed by atoms with Crippen LogP contribution in [0.1, 0.15) is 75.7 Å². The summed E-state index contributed by atoms with van der Waals surface area (Å²) in [4.78, 5) is 33.3. The number of carbonyl (C=O) groups is 3. The second kappa shape index (κ2) is 32.2. The first-order valence-electron chi connectivity index (χ1n) is 23.3. The molecule has 21 nitrogen and oxygen atoms in total. The molecule has 12 atom stereocenters. The minimum absolute atomic E-state index is 0.184. The lowest BCUT2D eigenvalue weighted by Gasteiger charge is -2.33.